The van der Waals surface area contributed by atoms with Crippen LogP contribution in [-0.2, 0) is 0 Å². The van der Waals surface area contributed by atoms with E-state index in [0.29, 0.717) is 0 Å². The zero-order valence-corrected chi connectivity index (χ0v) is 8.93. The van der Waals surface area contributed by atoms with E-state index in [1.165, 1.54) is 19.4 Å². The molecule has 3 unspecified atom stereocenters. The lowest BCUT2D eigenvalue weighted by molar-refractivity contribution is 0.195. The molecule has 0 aliphatic carbocycles. The molecule has 1 fully saturated rings. The summed E-state index contributed by atoms with van der Waals surface area (Å²) in [4.78, 5) is 0. The number of hydrogen-bond donors (Lipinski definition) is 1. The Labute approximate surface area is 76.9 Å². The Bertz CT molecular complexity index is 131. The first-order valence-electron chi connectivity index (χ1n) is 5.36. The molecule has 1 aliphatic heterocycles. The molecular formula is C11H23N. The summed E-state index contributed by atoms with van der Waals surface area (Å²) in [5.74, 6) is 2.50. The number of hydrogen-bond acceptors (Lipinski definition) is 1. The molecule has 0 aromatic heterocycles. The van der Waals surface area contributed by atoms with Gasteiger partial charge in [-0.15, -0.1) is 0 Å². The molecule has 0 saturated carbocycles. The van der Waals surface area contributed by atoms with E-state index in [-0.39, 0.29) is 0 Å². The van der Waals surface area contributed by atoms with Crippen molar-refractivity contribution in [3.63, 3.8) is 0 Å². The van der Waals surface area contributed by atoms with Crippen molar-refractivity contribution in [1.82, 2.24) is 5.32 Å². The maximum atomic E-state index is 3.65. The Hall–Kier alpha value is -0.0400. The third-order valence-electron chi connectivity index (χ3n) is 3.45. The lowest BCUT2D eigenvalue weighted by Crippen LogP contribution is -2.45. The van der Waals surface area contributed by atoms with Crippen LogP contribution in [0.3, 0.4) is 0 Å². The van der Waals surface area contributed by atoms with Crippen molar-refractivity contribution in [2.24, 2.45) is 17.8 Å². The van der Waals surface area contributed by atoms with Crippen molar-refractivity contribution in [3.8, 4) is 0 Å². The van der Waals surface area contributed by atoms with Crippen molar-refractivity contribution in [3.05, 3.63) is 0 Å². The fourth-order valence-electron chi connectivity index (χ4n) is 2.19. The van der Waals surface area contributed by atoms with E-state index in [4.69, 9.17) is 0 Å². The van der Waals surface area contributed by atoms with Crippen LogP contribution < -0.4 is 5.32 Å². The van der Waals surface area contributed by atoms with Gasteiger partial charge in [-0.2, -0.15) is 0 Å². The Kier molecular flexibility index (Phi) is 3.57. The van der Waals surface area contributed by atoms with E-state index in [0.717, 1.165) is 23.8 Å². The molecule has 0 aromatic rings. The van der Waals surface area contributed by atoms with E-state index in [1.807, 2.05) is 0 Å². The molecule has 0 aromatic carbocycles. The normalized spacial score (nSPS) is 33.8. The maximum absolute atomic E-state index is 3.65. The average molecular weight is 169 g/mol. The SMILES string of the molecule is CC(C)C(C)C1NCCCC1C. The molecular weight excluding hydrogens is 146 g/mol. The molecule has 1 nitrogen and oxygen atoms in total. The third kappa shape index (κ3) is 2.22. The van der Waals surface area contributed by atoms with Gasteiger partial charge in [0.25, 0.3) is 0 Å². The van der Waals surface area contributed by atoms with Crippen LogP contribution in [0.1, 0.15) is 40.5 Å². The number of nitrogens with one attached hydrogen (secondary N) is 1. The summed E-state index contributed by atoms with van der Waals surface area (Å²) in [6.45, 7) is 10.6. The van der Waals surface area contributed by atoms with Gasteiger partial charge >= 0.3 is 0 Å². The summed E-state index contributed by atoms with van der Waals surface area (Å²) in [6.07, 6.45) is 2.78. The Balaban J connectivity index is 2.47. The van der Waals surface area contributed by atoms with Crippen LogP contribution in [0.2, 0.25) is 0 Å². The minimum absolute atomic E-state index is 0.763. The maximum Gasteiger partial charge on any atom is 0.0121 e. The van der Waals surface area contributed by atoms with Crippen LogP contribution in [-0.4, -0.2) is 12.6 Å². The molecule has 12 heavy (non-hydrogen) atoms. The fourth-order valence-corrected chi connectivity index (χ4v) is 2.19. The Morgan fingerprint density at radius 2 is 1.92 bits per heavy atom. The van der Waals surface area contributed by atoms with Gasteiger partial charge in [0.15, 0.2) is 0 Å². The van der Waals surface area contributed by atoms with Crippen molar-refractivity contribution in [2.75, 3.05) is 6.54 Å². The van der Waals surface area contributed by atoms with Crippen LogP contribution in [0.4, 0.5) is 0 Å². The van der Waals surface area contributed by atoms with Crippen LogP contribution in [0.15, 0.2) is 0 Å². The molecule has 0 radical (unpaired) electrons. The van der Waals surface area contributed by atoms with E-state index < -0.39 is 0 Å². The minimum Gasteiger partial charge on any atom is -0.313 e. The Morgan fingerprint density at radius 1 is 1.25 bits per heavy atom. The summed E-state index contributed by atoms with van der Waals surface area (Å²) in [6, 6.07) is 0.763. The average Bonchev–Trinajstić information content (AvgIpc) is 2.04. The quantitative estimate of drug-likeness (QED) is 0.670. The first kappa shape index (κ1) is 10.0. The Morgan fingerprint density at radius 3 is 2.42 bits per heavy atom. The molecule has 0 amide bonds. The van der Waals surface area contributed by atoms with E-state index >= 15 is 0 Å². The van der Waals surface area contributed by atoms with Crippen LogP contribution >= 0.6 is 0 Å². The zero-order chi connectivity index (χ0) is 9.14. The molecule has 1 heterocycles. The molecule has 0 bridgehead atoms. The first-order chi connectivity index (χ1) is 5.63. The standard InChI is InChI=1S/C11H23N/c1-8(2)10(4)11-9(3)6-5-7-12-11/h8-12H,5-7H2,1-4H3. The molecule has 1 aliphatic rings. The predicted octanol–water partition coefficient (Wildman–Crippen LogP) is 2.67. The lowest BCUT2D eigenvalue weighted by Gasteiger charge is -2.36. The molecule has 0 spiro atoms. The van der Waals surface area contributed by atoms with Gasteiger partial charge in [0.05, 0.1) is 0 Å². The largest absolute Gasteiger partial charge is 0.313 e. The van der Waals surface area contributed by atoms with Gasteiger partial charge in [-0.3, -0.25) is 0 Å². The van der Waals surface area contributed by atoms with Gasteiger partial charge in [0, 0.05) is 6.04 Å². The predicted molar refractivity (Wildman–Crippen MR) is 54.2 cm³/mol. The summed E-state index contributed by atoms with van der Waals surface area (Å²) in [7, 11) is 0. The molecule has 1 rings (SSSR count). The highest BCUT2D eigenvalue weighted by Crippen LogP contribution is 2.25. The van der Waals surface area contributed by atoms with Crippen LogP contribution in [0.25, 0.3) is 0 Å². The van der Waals surface area contributed by atoms with Crippen molar-refractivity contribution >= 4 is 0 Å². The highest BCUT2D eigenvalue weighted by Gasteiger charge is 2.27. The smallest absolute Gasteiger partial charge is 0.0121 e. The number of piperidine rings is 1. The summed E-state index contributed by atoms with van der Waals surface area (Å²) < 4.78 is 0. The summed E-state index contributed by atoms with van der Waals surface area (Å²) >= 11 is 0. The van der Waals surface area contributed by atoms with Gasteiger partial charge < -0.3 is 5.32 Å². The van der Waals surface area contributed by atoms with Crippen molar-refractivity contribution in [2.45, 2.75) is 46.6 Å². The topological polar surface area (TPSA) is 12.0 Å². The second-order valence-corrected chi connectivity index (χ2v) is 4.70. The minimum atomic E-state index is 0.763. The van der Waals surface area contributed by atoms with Gasteiger partial charge in [-0.1, -0.05) is 27.7 Å². The highest BCUT2D eigenvalue weighted by atomic mass is 14.9. The van der Waals surface area contributed by atoms with Gasteiger partial charge in [-0.25, -0.2) is 0 Å². The zero-order valence-electron chi connectivity index (χ0n) is 8.93. The molecule has 1 heteroatoms. The highest BCUT2D eigenvalue weighted by molar-refractivity contribution is 4.83. The van der Waals surface area contributed by atoms with Crippen LogP contribution in [0.5, 0.6) is 0 Å². The molecule has 1 saturated heterocycles. The van der Waals surface area contributed by atoms with E-state index in [1.54, 1.807) is 0 Å². The summed E-state index contributed by atoms with van der Waals surface area (Å²) in [5, 5.41) is 3.65. The molecule has 1 N–H and O–H groups in total. The lowest BCUT2D eigenvalue weighted by atomic mass is 9.80. The van der Waals surface area contributed by atoms with Crippen molar-refractivity contribution in [1.29, 1.82) is 0 Å². The van der Waals surface area contributed by atoms with Crippen molar-refractivity contribution < 1.29 is 0 Å². The second-order valence-electron chi connectivity index (χ2n) is 4.70. The van der Waals surface area contributed by atoms with E-state index in [9.17, 15) is 0 Å². The number of rotatable bonds is 2. The first-order valence-corrected chi connectivity index (χ1v) is 5.36. The molecule has 72 valence electrons. The van der Waals surface area contributed by atoms with Gasteiger partial charge in [0.2, 0.25) is 0 Å². The monoisotopic (exact) mass is 169 g/mol. The second kappa shape index (κ2) is 4.27. The van der Waals surface area contributed by atoms with Gasteiger partial charge in [0.1, 0.15) is 0 Å². The molecule has 3 atom stereocenters. The summed E-state index contributed by atoms with van der Waals surface area (Å²) in [5.41, 5.74) is 0. The fraction of sp³-hybridized carbons (Fsp3) is 1.00. The van der Waals surface area contributed by atoms with Crippen LogP contribution in [0, 0.1) is 17.8 Å². The van der Waals surface area contributed by atoms with E-state index in [2.05, 4.69) is 33.0 Å². The third-order valence-corrected chi connectivity index (χ3v) is 3.45. The van der Waals surface area contributed by atoms with Gasteiger partial charge in [-0.05, 0) is 37.1 Å².